The van der Waals surface area contributed by atoms with E-state index in [-0.39, 0.29) is 43.3 Å². The van der Waals surface area contributed by atoms with Crippen molar-refractivity contribution in [3.63, 3.8) is 0 Å². The van der Waals surface area contributed by atoms with Crippen molar-refractivity contribution >= 4 is 45.5 Å². The molecule has 4 heteroatoms. The molecular formula is H4BiCuMoSn. The Labute approximate surface area is 77.1 Å². The van der Waals surface area contributed by atoms with Crippen LogP contribution < -0.4 is 0 Å². The van der Waals surface area contributed by atoms with Crippen LogP contribution in [-0.4, -0.2) is 45.5 Å². The van der Waals surface area contributed by atoms with Crippen LogP contribution in [0.3, 0.4) is 0 Å². The van der Waals surface area contributed by atoms with Gasteiger partial charge in [0.05, 0.1) is 0 Å². The molecule has 0 nitrogen and oxygen atoms in total. The van der Waals surface area contributed by atoms with E-state index in [4.69, 9.17) is 0 Å². The van der Waals surface area contributed by atoms with Gasteiger partial charge in [-0.3, -0.25) is 0 Å². The molecule has 0 amide bonds. The molecule has 0 aliphatic heterocycles. The molecule has 0 aromatic heterocycles. The summed E-state index contributed by atoms with van der Waals surface area (Å²) in [5, 5.41) is 0. The van der Waals surface area contributed by atoms with Crippen molar-refractivity contribution in [3.8, 4) is 0 Å². The van der Waals surface area contributed by atoms with E-state index in [1.807, 2.05) is 0 Å². The summed E-state index contributed by atoms with van der Waals surface area (Å²) in [7, 11) is 0. The van der Waals surface area contributed by atoms with Crippen LogP contribution in [0.1, 0.15) is 0 Å². The Balaban J connectivity index is -0.00000000500. The topological polar surface area (TPSA) is 0 Å². The molecule has 0 aliphatic carbocycles. The van der Waals surface area contributed by atoms with E-state index >= 15 is 0 Å². The van der Waals surface area contributed by atoms with Crippen LogP contribution >= 0.6 is 0 Å². The molecule has 0 rings (SSSR count). The summed E-state index contributed by atoms with van der Waals surface area (Å²) in [6.45, 7) is 0. The molecule has 0 N–H and O–H groups in total. The normalized spacial score (nSPS) is 1.25. The molecule has 3 radical (unpaired) electrons. The molecule has 0 saturated heterocycles. The zero-order valence-electron chi connectivity index (χ0n) is 1.99. The third kappa shape index (κ3) is 8.86. The molecule has 0 aromatic rings. The molecule has 0 fully saturated rings. The van der Waals surface area contributed by atoms with Gasteiger partial charge in [-0.2, -0.15) is 0 Å². The molecule has 0 saturated carbocycles. The van der Waals surface area contributed by atoms with Gasteiger partial charge in [0.2, 0.25) is 0 Å². The zero-order chi connectivity index (χ0) is 2.00. The van der Waals surface area contributed by atoms with Crippen LogP contribution in [0.5, 0.6) is 0 Å². The summed E-state index contributed by atoms with van der Waals surface area (Å²) in [5.74, 6) is 0. The molecular weight excluding hydrogens is 487 g/mol. The van der Waals surface area contributed by atoms with Crippen molar-refractivity contribution in [2.45, 2.75) is 0 Å². The maximum atomic E-state index is 2.08. The van der Waals surface area contributed by atoms with Crippen LogP contribution in [0.15, 0.2) is 0 Å². The predicted octanol–water partition coefficient (Wildman–Crippen LogP) is -1.84. The van der Waals surface area contributed by atoms with Crippen LogP contribution in [0.25, 0.3) is 0 Å². The minimum atomic E-state index is 0. The number of hydrogen-bond donors (Lipinski definition) is 0. The Bertz CT molecular complexity index is 8.00. The molecule has 0 atom stereocenters. The summed E-state index contributed by atoms with van der Waals surface area (Å²) >= 11 is 3.44. The molecule has 0 aliphatic rings. The number of rotatable bonds is 0. The van der Waals surface area contributed by atoms with Gasteiger partial charge in [0.1, 0.15) is 0 Å². The minimum absolute atomic E-state index is 0. The summed E-state index contributed by atoms with van der Waals surface area (Å²) in [5.41, 5.74) is 0. The van der Waals surface area contributed by atoms with Gasteiger partial charge in [0.25, 0.3) is 0 Å². The van der Waals surface area contributed by atoms with E-state index in [9.17, 15) is 0 Å². The standard InChI is InChI=1S/Bi.Cu.Mo.Sn.4H. The fourth-order valence-corrected chi connectivity index (χ4v) is 0. The van der Waals surface area contributed by atoms with E-state index in [2.05, 4.69) is 16.1 Å². The summed E-state index contributed by atoms with van der Waals surface area (Å²) in [6.07, 6.45) is 0. The van der Waals surface area contributed by atoms with Crippen molar-refractivity contribution in [3.05, 3.63) is 0 Å². The molecule has 0 spiro atoms. The van der Waals surface area contributed by atoms with E-state index in [0.717, 1.165) is 0 Å². The first-order valence-corrected chi connectivity index (χ1v) is 9.35. The van der Waals surface area contributed by atoms with E-state index in [1.165, 1.54) is 19.3 Å². The molecule has 0 aromatic carbocycles. The number of hydrogen-bond acceptors (Lipinski definition) is 0. The predicted molar refractivity (Wildman–Crippen MR) is 17.1 cm³/mol. The van der Waals surface area contributed by atoms with Crippen LogP contribution in [0, 0.1) is 0 Å². The second-order valence-corrected chi connectivity index (χ2v) is 0. The van der Waals surface area contributed by atoms with Gasteiger partial charge in [-0.25, -0.2) is 0 Å². The van der Waals surface area contributed by atoms with E-state index < -0.39 is 0 Å². The molecule has 0 unspecified atom stereocenters. The van der Waals surface area contributed by atoms with Crippen molar-refractivity contribution in [2.75, 3.05) is 0 Å². The summed E-state index contributed by atoms with van der Waals surface area (Å²) in [4.78, 5) is 0. The first-order chi connectivity index (χ1) is 1.00. The second-order valence-electron chi connectivity index (χ2n) is 0. The zero-order valence-corrected chi connectivity index (χ0v) is 13.7. The van der Waals surface area contributed by atoms with Crippen molar-refractivity contribution in [1.82, 2.24) is 0 Å². The molecule has 4 heavy (non-hydrogen) atoms. The van der Waals surface area contributed by atoms with Crippen LogP contribution in [0.4, 0.5) is 0 Å². The van der Waals surface area contributed by atoms with E-state index in [1.54, 1.807) is 0 Å². The summed E-state index contributed by atoms with van der Waals surface area (Å²) < 4.78 is 0. The molecule has 0 bridgehead atoms. The first kappa shape index (κ1) is 15.8. The van der Waals surface area contributed by atoms with Crippen molar-refractivity contribution < 1.29 is 33.2 Å². The van der Waals surface area contributed by atoms with Gasteiger partial charge in [0, 0.05) is 17.1 Å². The van der Waals surface area contributed by atoms with Gasteiger partial charge in [-0.1, -0.05) is 0 Å². The Kier molecular flexibility index (Phi) is 66.6. The van der Waals surface area contributed by atoms with Crippen molar-refractivity contribution in [2.24, 2.45) is 0 Å². The van der Waals surface area contributed by atoms with Crippen LogP contribution in [-0.2, 0) is 33.2 Å². The van der Waals surface area contributed by atoms with E-state index in [0.29, 0.717) is 0 Å². The fourth-order valence-electron chi connectivity index (χ4n) is 0. The molecule has 0 heterocycles. The quantitative estimate of drug-likeness (QED) is 0.350. The SMILES string of the molecule is [BiH3].[Cu].[Mo][SnH]. The maximum absolute atomic E-state index is 2.08. The van der Waals surface area contributed by atoms with Gasteiger partial charge < -0.3 is 0 Å². The van der Waals surface area contributed by atoms with Crippen LogP contribution in [0.2, 0.25) is 0 Å². The summed E-state index contributed by atoms with van der Waals surface area (Å²) in [6, 6.07) is 0. The van der Waals surface area contributed by atoms with Gasteiger partial charge >= 0.3 is 61.6 Å². The average molecular weight is 491 g/mol. The third-order valence-electron chi connectivity index (χ3n) is 0. The third-order valence-corrected chi connectivity index (χ3v) is 0. The Hall–Kier alpha value is 2.89. The monoisotopic (exact) mass is 494 g/mol. The molecule has 30 valence electrons. The van der Waals surface area contributed by atoms with Gasteiger partial charge in [-0.15, -0.1) is 0 Å². The first-order valence-electron chi connectivity index (χ1n) is 0.236. The van der Waals surface area contributed by atoms with Crippen molar-refractivity contribution in [1.29, 1.82) is 0 Å². The Morgan fingerprint density at radius 2 is 1.25 bits per heavy atom. The second kappa shape index (κ2) is 16.9. The fraction of sp³-hybridized carbons (Fsp3) is 0. The average Bonchev–Trinajstić information content (AvgIpc) is 1.00. The Morgan fingerprint density at radius 3 is 1.25 bits per heavy atom. The van der Waals surface area contributed by atoms with Gasteiger partial charge in [0.15, 0.2) is 0 Å². The Morgan fingerprint density at radius 1 is 1.25 bits per heavy atom. The van der Waals surface area contributed by atoms with Gasteiger partial charge in [-0.05, 0) is 0 Å².